The lowest BCUT2D eigenvalue weighted by molar-refractivity contribution is -0.142. The van der Waals surface area contributed by atoms with Crippen molar-refractivity contribution < 1.29 is 18.7 Å². The fraction of sp³-hybridized carbons (Fsp3) is 0.263. The standard InChI is InChI=1S/C19H21FN2O3/c1-25-18(23)17(13-15-7-9-16(20)10-8-15)22-19(24)21-12-11-14-5-3-2-4-6-14/h2-10,17H,11-13H2,1H3,(H2,21,22,24). The smallest absolute Gasteiger partial charge is 0.328 e. The van der Waals surface area contributed by atoms with E-state index in [1.807, 2.05) is 30.3 Å². The van der Waals surface area contributed by atoms with E-state index in [1.165, 1.54) is 19.2 Å². The van der Waals surface area contributed by atoms with Crippen LogP contribution in [0.3, 0.4) is 0 Å². The van der Waals surface area contributed by atoms with Gasteiger partial charge in [-0.25, -0.2) is 14.0 Å². The Morgan fingerprint density at radius 3 is 2.36 bits per heavy atom. The summed E-state index contributed by atoms with van der Waals surface area (Å²) in [6, 6.07) is 14.2. The molecular weight excluding hydrogens is 323 g/mol. The molecule has 2 aromatic carbocycles. The molecule has 0 aromatic heterocycles. The average molecular weight is 344 g/mol. The summed E-state index contributed by atoms with van der Waals surface area (Å²) in [4.78, 5) is 23.9. The number of ether oxygens (including phenoxy) is 1. The molecule has 0 aliphatic heterocycles. The van der Waals surface area contributed by atoms with E-state index in [9.17, 15) is 14.0 Å². The van der Waals surface area contributed by atoms with Crippen LogP contribution in [-0.4, -0.2) is 31.7 Å². The topological polar surface area (TPSA) is 67.4 Å². The van der Waals surface area contributed by atoms with Crippen LogP contribution in [-0.2, 0) is 22.4 Å². The number of nitrogens with one attached hydrogen (secondary N) is 2. The minimum absolute atomic E-state index is 0.221. The molecule has 0 fully saturated rings. The molecule has 0 aliphatic rings. The third kappa shape index (κ3) is 6.25. The Morgan fingerprint density at radius 1 is 1.04 bits per heavy atom. The third-order valence-corrected chi connectivity index (χ3v) is 3.69. The Labute approximate surface area is 146 Å². The molecule has 132 valence electrons. The molecule has 1 atom stereocenters. The normalized spacial score (nSPS) is 11.4. The van der Waals surface area contributed by atoms with Crippen molar-refractivity contribution in [1.82, 2.24) is 10.6 Å². The van der Waals surface area contributed by atoms with Crippen LogP contribution in [0, 0.1) is 5.82 Å². The second-order valence-corrected chi connectivity index (χ2v) is 5.54. The first-order valence-electron chi connectivity index (χ1n) is 7.99. The van der Waals surface area contributed by atoms with E-state index in [2.05, 4.69) is 10.6 Å². The summed E-state index contributed by atoms with van der Waals surface area (Å²) in [5, 5.41) is 5.32. The predicted octanol–water partition coefficient (Wildman–Crippen LogP) is 2.45. The van der Waals surface area contributed by atoms with Crippen LogP contribution in [0.15, 0.2) is 54.6 Å². The van der Waals surface area contributed by atoms with E-state index in [0.29, 0.717) is 13.0 Å². The third-order valence-electron chi connectivity index (χ3n) is 3.69. The largest absolute Gasteiger partial charge is 0.467 e. The van der Waals surface area contributed by atoms with Gasteiger partial charge in [-0.05, 0) is 29.7 Å². The van der Waals surface area contributed by atoms with Crippen molar-refractivity contribution in [2.75, 3.05) is 13.7 Å². The minimum Gasteiger partial charge on any atom is -0.467 e. The lowest BCUT2D eigenvalue weighted by Gasteiger charge is -2.17. The zero-order valence-electron chi connectivity index (χ0n) is 14.0. The van der Waals surface area contributed by atoms with Crippen LogP contribution < -0.4 is 10.6 Å². The highest BCUT2D eigenvalue weighted by molar-refractivity contribution is 5.83. The maximum atomic E-state index is 13.0. The van der Waals surface area contributed by atoms with Crippen LogP contribution in [0.1, 0.15) is 11.1 Å². The van der Waals surface area contributed by atoms with E-state index in [0.717, 1.165) is 11.1 Å². The van der Waals surface area contributed by atoms with Gasteiger partial charge in [0, 0.05) is 13.0 Å². The van der Waals surface area contributed by atoms with E-state index >= 15 is 0 Å². The van der Waals surface area contributed by atoms with E-state index < -0.39 is 18.0 Å². The zero-order chi connectivity index (χ0) is 18.1. The number of hydrogen-bond donors (Lipinski definition) is 2. The highest BCUT2D eigenvalue weighted by Crippen LogP contribution is 2.07. The quantitative estimate of drug-likeness (QED) is 0.758. The van der Waals surface area contributed by atoms with E-state index in [4.69, 9.17) is 4.74 Å². The number of rotatable bonds is 7. The van der Waals surface area contributed by atoms with Gasteiger partial charge in [-0.15, -0.1) is 0 Å². The number of esters is 1. The second-order valence-electron chi connectivity index (χ2n) is 5.54. The fourth-order valence-electron chi connectivity index (χ4n) is 2.37. The summed E-state index contributed by atoms with van der Waals surface area (Å²) in [6.45, 7) is 0.445. The van der Waals surface area contributed by atoms with Crippen molar-refractivity contribution in [3.8, 4) is 0 Å². The number of hydrogen-bond acceptors (Lipinski definition) is 3. The molecule has 2 aromatic rings. The van der Waals surface area contributed by atoms with Crippen LogP contribution in [0.4, 0.5) is 9.18 Å². The molecule has 0 radical (unpaired) electrons. The Bertz CT molecular complexity index is 690. The Morgan fingerprint density at radius 2 is 1.72 bits per heavy atom. The van der Waals surface area contributed by atoms with Gasteiger partial charge in [0.25, 0.3) is 0 Å². The second kappa shape index (κ2) is 9.42. The molecule has 0 bridgehead atoms. The molecule has 0 saturated carbocycles. The number of carbonyl (C=O) groups is 2. The Kier molecular flexibility index (Phi) is 6.95. The van der Waals surface area contributed by atoms with Crippen LogP contribution >= 0.6 is 0 Å². The summed E-state index contributed by atoms with van der Waals surface area (Å²) in [6.07, 6.45) is 0.911. The lowest BCUT2D eigenvalue weighted by atomic mass is 10.1. The molecule has 6 heteroatoms. The summed E-state index contributed by atoms with van der Waals surface area (Å²) in [5.41, 5.74) is 1.83. The highest BCUT2D eigenvalue weighted by atomic mass is 19.1. The monoisotopic (exact) mass is 344 g/mol. The Hall–Kier alpha value is -2.89. The maximum Gasteiger partial charge on any atom is 0.328 e. The first kappa shape index (κ1) is 18.4. The van der Waals surface area contributed by atoms with Gasteiger partial charge in [0.15, 0.2) is 0 Å². The number of carbonyl (C=O) groups excluding carboxylic acids is 2. The van der Waals surface area contributed by atoms with E-state index in [1.54, 1.807) is 12.1 Å². The first-order valence-corrected chi connectivity index (χ1v) is 7.99. The predicted molar refractivity (Wildman–Crippen MR) is 92.6 cm³/mol. The summed E-state index contributed by atoms with van der Waals surface area (Å²) in [7, 11) is 1.26. The molecule has 2 amide bonds. The molecule has 0 heterocycles. The van der Waals surface area contributed by atoms with E-state index in [-0.39, 0.29) is 12.2 Å². The molecule has 0 spiro atoms. The molecule has 1 unspecified atom stereocenters. The van der Waals surface area contributed by atoms with Gasteiger partial charge in [-0.2, -0.15) is 0 Å². The molecule has 2 N–H and O–H groups in total. The fourth-order valence-corrected chi connectivity index (χ4v) is 2.37. The maximum absolute atomic E-state index is 13.0. The van der Waals surface area contributed by atoms with Crippen LogP contribution in [0.25, 0.3) is 0 Å². The molecule has 5 nitrogen and oxygen atoms in total. The molecule has 0 saturated heterocycles. The van der Waals surface area contributed by atoms with Crippen molar-refractivity contribution in [2.24, 2.45) is 0 Å². The number of methoxy groups -OCH3 is 1. The number of amides is 2. The Balaban J connectivity index is 1.86. The summed E-state index contributed by atoms with van der Waals surface area (Å²) >= 11 is 0. The van der Waals surface area contributed by atoms with Crippen molar-refractivity contribution >= 4 is 12.0 Å². The summed E-state index contributed by atoms with van der Waals surface area (Å²) < 4.78 is 17.7. The van der Waals surface area contributed by atoms with Crippen molar-refractivity contribution in [1.29, 1.82) is 0 Å². The average Bonchev–Trinajstić information content (AvgIpc) is 2.63. The van der Waals surface area contributed by atoms with Gasteiger partial charge in [0.2, 0.25) is 0 Å². The molecule has 25 heavy (non-hydrogen) atoms. The lowest BCUT2D eigenvalue weighted by Crippen LogP contribution is -2.48. The van der Waals surface area contributed by atoms with Gasteiger partial charge < -0.3 is 15.4 Å². The van der Waals surface area contributed by atoms with Crippen molar-refractivity contribution in [3.63, 3.8) is 0 Å². The first-order chi connectivity index (χ1) is 12.1. The zero-order valence-corrected chi connectivity index (χ0v) is 14.0. The van der Waals surface area contributed by atoms with Gasteiger partial charge in [-0.1, -0.05) is 42.5 Å². The number of urea groups is 1. The summed E-state index contributed by atoms with van der Waals surface area (Å²) in [5.74, 6) is -0.910. The van der Waals surface area contributed by atoms with Crippen molar-refractivity contribution in [3.05, 3.63) is 71.5 Å². The minimum atomic E-state index is -0.841. The van der Waals surface area contributed by atoms with Gasteiger partial charge in [0.1, 0.15) is 11.9 Å². The van der Waals surface area contributed by atoms with Gasteiger partial charge in [-0.3, -0.25) is 0 Å². The number of benzene rings is 2. The molecule has 0 aliphatic carbocycles. The van der Waals surface area contributed by atoms with Crippen LogP contribution in [0.5, 0.6) is 0 Å². The SMILES string of the molecule is COC(=O)C(Cc1ccc(F)cc1)NC(=O)NCCc1ccccc1. The van der Waals surface area contributed by atoms with Gasteiger partial charge >= 0.3 is 12.0 Å². The van der Waals surface area contributed by atoms with Crippen molar-refractivity contribution in [2.45, 2.75) is 18.9 Å². The number of halogens is 1. The van der Waals surface area contributed by atoms with Gasteiger partial charge in [0.05, 0.1) is 7.11 Å². The molecule has 2 rings (SSSR count). The molecular formula is C19H21FN2O3. The van der Waals surface area contributed by atoms with Crippen LogP contribution in [0.2, 0.25) is 0 Å². The highest BCUT2D eigenvalue weighted by Gasteiger charge is 2.21.